The van der Waals surface area contributed by atoms with Gasteiger partial charge in [-0.3, -0.25) is 9.69 Å². The van der Waals surface area contributed by atoms with Crippen LogP contribution in [0.5, 0.6) is 0 Å². The Morgan fingerprint density at radius 1 is 1.23 bits per heavy atom. The highest BCUT2D eigenvalue weighted by Gasteiger charge is 2.32. The Kier molecular flexibility index (Phi) is 5.98. The highest BCUT2D eigenvalue weighted by molar-refractivity contribution is 5.95. The number of benzene rings is 1. The number of aryl methyl sites for hydroxylation is 1. The summed E-state index contributed by atoms with van der Waals surface area (Å²) in [6, 6.07) is 8.61. The van der Waals surface area contributed by atoms with Gasteiger partial charge in [-0.2, -0.15) is 0 Å². The molecule has 0 aliphatic carbocycles. The summed E-state index contributed by atoms with van der Waals surface area (Å²) in [5.41, 5.74) is 1.88. The van der Waals surface area contributed by atoms with E-state index in [0.717, 1.165) is 43.8 Å². The zero-order chi connectivity index (χ0) is 16.1. The van der Waals surface area contributed by atoms with Crippen LogP contribution in [-0.2, 0) is 4.74 Å². The Balaban J connectivity index is 2.01. The van der Waals surface area contributed by atoms with Crippen LogP contribution in [0.2, 0.25) is 0 Å². The van der Waals surface area contributed by atoms with Crippen molar-refractivity contribution in [1.82, 2.24) is 9.80 Å². The number of methoxy groups -OCH3 is 1. The van der Waals surface area contributed by atoms with Crippen LogP contribution in [0.4, 0.5) is 0 Å². The first-order valence-corrected chi connectivity index (χ1v) is 8.14. The van der Waals surface area contributed by atoms with Crippen LogP contribution in [0.1, 0.15) is 36.2 Å². The van der Waals surface area contributed by atoms with Gasteiger partial charge in [0, 0.05) is 51.0 Å². The molecule has 2 atom stereocenters. The monoisotopic (exact) mass is 304 g/mol. The Labute approximate surface area is 134 Å². The molecular formula is C18H28N2O2. The van der Waals surface area contributed by atoms with Gasteiger partial charge >= 0.3 is 0 Å². The summed E-state index contributed by atoms with van der Waals surface area (Å²) in [5.74, 6) is 0.161. The summed E-state index contributed by atoms with van der Waals surface area (Å²) < 4.78 is 5.14. The molecule has 22 heavy (non-hydrogen) atoms. The minimum absolute atomic E-state index is 0.161. The van der Waals surface area contributed by atoms with E-state index in [9.17, 15) is 4.79 Å². The minimum atomic E-state index is 0.161. The van der Waals surface area contributed by atoms with Crippen molar-refractivity contribution < 1.29 is 9.53 Å². The lowest BCUT2D eigenvalue weighted by molar-refractivity contribution is 0.0270. The van der Waals surface area contributed by atoms with E-state index in [1.54, 1.807) is 7.11 Å². The molecule has 1 aliphatic rings. The lowest BCUT2D eigenvalue weighted by Gasteiger charge is -2.44. The summed E-state index contributed by atoms with van der Waals surface area (Å²) in [6.07, 6.45) is 1.04. The number of piperazine rings is 1. The fourth-order valence-corrected chi connectivity index (χ4v) is 3.34. The van der Waals surface area contributed by atoms with Crippen molar-refractivity contribution in [3.05, 3.63) is 35.4 Å². The van der Waals surface area contributed by atoms with Crippen LogP contribution in [-0.4, -0.2) is 61.1 Å². The maximum Gasteiger partial charge on any atom is 0.254 e. The summed E-state index contributed by atoms with van der Waals surface area (Å²) in [5, 5.41) is 0. The third-order valence-electron chi connectivity index (χ3n) is 4.53. The maximum atomic E-state index is 12.8. The second-order valence-corrected chi connectivity index (χ2v) is 6.31. The van der Waals surface area contributed by atoms with Crippen molar-refractivity contribution in [2.75, 3.05) is 33.4 Å². The number of rotatable bonds is 5. The molecule has 2 rings (SSSR count). The van der Waals surface area contributed by atoms with E-state index in [-0.39, 0.29) is 5.91 Å². The standard InChI is InChI=1S/C18H28N2O2/c1-14-8-5-6-9-17(14)18(21)19-12-15(2)20(16(3)13-19)10-7-11-22-4/h5-6,8-9,15-16H,7,10-13H2,1-4H3. The molecule has 0 aromatic heterocycles. The van der Waals surface area contributed by atoms with Gasteiger partial charge in [0.15, 0.2) is 0 Å². The highest BCUT2D eigenvalue weighted by atomic mass is 16.5. The zero-order valence-corrected chi connectivity index (χ0v) is 14.2. The van der Waals surface area contributed by atoms with E-state index in [1.165, 1.54) is 0 Å². The third kappa shape index (κ3) is 3.87. The molecule has 1 aromatic carbocycles. The van der Waals surface area contributed by atoms with Crippen molar-refractivity contribution in [2.24, 2.45) is 0 Å². The van der Waals surface area contributed by atoms with Gasteiger partial charge in [0.1, 0.15) is 0 Å². The number of hydrogen-bond donors (Lipinski definition) is 0. The predicted molar refractivity (Wildman–Crippen MR) is 89.2 cm³/mol. The van der Waals surface area contributed by atoms with Gasteiger partial charge in [-0.05, 0) is 38.8 Å². The maximum absolute atomic E-state index is 12.8. The van der Waals surface area contributed by atoms with Gasteiger partial charge in [0.25, 0.3) is 5.91 Å². The Hall–Kier alpha value is -1.39. The first kappa shape index (κ1) is 17.0. The molecule has 0 saturated carbocycles. The van der Waals surface area contributed by atoms with Crippen LogP contribution < -0.4 is 0 Å². The summed E-state index contributed by atoms with van der Waals surface area (Å²) in [7, 11) is 1.74. The average molecular weight is 304 g/mol. The average Bonchev–Trinajstić information content (AvgIpc) is 2.49. The largest absolute Gasteiger partial charge is 0.385 e. The SMILES string of the molecule is COCCCN1C(C)CN(C(=O)c2ccccc2C)CC1C. The quantitative estimate of drug-likeness (QED) is 0.784. The van der Waals surface area contributed by atoms with E-state index >= 15 is 0 Å². The van der Waals surface area contributed by atoms with E-state index in [4.69, 9.17) is 4.74 Å². The van der Waals surface area contributed by atoms with Crippen molar-refractivity contribution in [3.8, 4) is 0 Å². The zero-order valence-electron chi connectivity index (χ0n) is 14.2. The number of ether oxygens (including phenoxy) is 1. The molecule has 1 aromatic rings. The van der Waals surface area contributed by atoms with Crippen molar-refractivity contribution in [3.63, 3.8) is 0 Å². The topological polar surface area (TPSA) is 32.8 Å². The van der Waals surface area contributed by atoms with Gasteiger partial charge in [0.05, 0.1) is 0 Å². The molecule has 1 fully saturated rings. The van der Waals surface area contributed by atoms with Gasteiger partial charge in [-0.15, -0.1) is 0 Å². The third-order valence-corrected chi connectivity index (χ3v) is 4.53. The van der Waals surface area contributed by atoms with Crippen LogP contribution in [0.25, 0.3) is 0 Å². The first-order valence-electron chi connectivity index (χ1n) is 8.14. The second-order valence-electron chi connectivity index (χ2n) is 6.31. The fourth-order valence-electron chi connectivity index (χ4n) is 3.34. The molecule has 1 saturated heterocycles. The smallest absolute Gasteiger partial charge is 0.254 e. The van der Waals surface area contributed by atoms with Gasteiger partial charge in [0.2, 0.25) is 0 Å². The van der Waals surface area contributed by atoms with Gasteiger partial charge in [-0.25, -0.2) is 0 Å². The van der Waals surface area contributed by atoms with Crippen LogP contribution in [0.3, 0.4) is 0 Å². The molecule has 0 N–H and O–H groups in total. The number of carbonyl (C=O) groups is 1. The lowest BCUT2D eigenvalue weighted by Crippen LogP contribution is -2.58. The molecular weight excluding hydrogens is 276 g/mol. The lowest BCUT2D eigenvalue weighted by atomic mass is 10.0. The molecule has 122 valence electrons. The van der Waals surface area contributed by atoms with Crippen molar-refractivity contribution in [1.29, 1.82) is 0 Å². The Morgan fingerprint density at radius 2 is 1.86 bits per heavy atom. The van der Waals surface area contributed by atoms with E-state index in [1.807, 2.05) is 36.1 Å². The molecule has 0 radical (unpaired) electrons. The van der Waals surface area contributed by atoms with Gasteiger partial charge < -0.3 is 9.64 Å². The molecule has 4 nitrogen and oxygen atoms in total. The number of nitrogens with zero attached hydrogens (tertiary/aromatic N) is 2. The fraction of sp³-hybridized carbons (Fsp3) is 0.611. The summed E-state index contributed by atoms with van der Waals surface area (Å²) in [6.45, 7) is 9.83. The van der Waals surface area contributed by atoms with E-state index in [0.29, 0.717) is 12.1 Å². The van der Waals surface area contributed by atoms with E-state index in [2.05, 4.69) is 18.7 Å². The number of amides is 1. The predicted octanol–water partition coefficient (Wildman–Crippen LogP) is 2.57. The molecule has 1 amide bonds. The van der Waals surface area contributed by atoms with Gasteiger partial charge in [-0.1, -0.05) is 18.2 Å². The summed E-state index contributed by atoms with van der Waals surface area (Å²) >= 11 is 0. The second kappa shape index (κ2) is 7.75. The highest BCUT2D eigenvalue weighted by Crippen LogP contribution is 2.19. The Bertz CT molecular complexity index is 492. The molecule has 0 bridgehead atoms. The van der Waals surface area contributed by atoms with Crippen LogP contribution >= 0.6 is 0 Å². The Morgan fingerprint density at radius 3 is 2.45 bits per heavy atom. The molecule has 4 heteroatoms. The number of hydrogen-bond acceptors (Lipinski definition) is 3. The van der Waals surface area contributed by atoms with Crippen molar-refractivity contribution >= 4 is 5.91 Å². The number of carbonyl (C=O) groups excluding carboxylic acids is 1. The molecule has 0 spiro atoms. The minimum Gasteiger partial charge on any atom is -0.385 e. The van der Waals surface area contributed by atoms with E-state index < -0.39 is 0 Å². The normalized spacial score (nSPS) is 22.8. The molecule has 2 unspecified atom stereocenters. The summed E-state index contributed by atoms with van der Waals surface area (Å²) in [4.78, 5) is 17.3. The van der Waals surface area contributed by atoms with Crippen LogP contribution in [0, 0.1) is 6.92 Å². The first-order chi connectivity index (χ1) is 10.5. The van der Waals surface area contributed by atoms with Crippen LogP contribution in [0.15, 0.2) is 24.3 Å². The van der Waals surface area contributed by atoms with Crippen molar-refractivity contribution in [2.45, 2.75) is 39.3 Å². The molecule has 1 aliphatic heterocycles. The molecule has 1 heterocycles.